The fourth-order valence-corrected chi connectivity index (χ4v) is 3.83. The van der Waals surface area contributed by atoms with Crippen molar-refractivity contribution in [1.82, 2.24) is 9.88 Å². The number of hydrogen-bond acceptors (Lipinski definition) is 5. The van der Waals surface area contributed by atoms with Gasteiger partial charge in [0.1, 0.15) is 5.52 Å². The third-order valence-corrected chi connectivity index (χ3v) is 5.29. The molecule has 1 saturated heterocycles. The van der Waals surface area contributed by atoms with Crippen LogP contribution in [0.3, 0.4) is 0 Å². The molecule has 6 heteroatoms. The predicted octanol–water partition coefficient (Wildman–Crippen LogP) is 4.01. The van der Waals surface area contributed by atoms with E-state index in [2.05, 4.69) is 4.98 Å². The number of carbonyl (C=O) groups excluding carboxylic acids is 2. The minimum atomic E-state index is -0.466. The third-order valence-electron chi connectivity index (χ3n) is 5.29. The number of benzene rings is 2. The zero-order chi connectivity index (χ0) is 20.4. The largest absolute Gasteiger partial charge is 0.452 e. The van der Waals surface area contributed by atoms with E-state index in [9.17, 15) is 9.59 Å². The van der Waals surface area contributed by atoms with E-state index in [1.54, 1.807) is 17.0 Å². The first-order chi connectivity index (χ1) is 14.0. The van der Waals surface area contributed by atoms with E-state index in [1.165, 1.54) is 0 Å². The normalized spacial score (nSPS) is 14.9. The molecule has 0 N–H and O–H groups in total. The smallest absolute Gasteiger partial charge is 0.338 e. The van der Waals surface area contributed by atoms with Crippen molar-refractivity contribution in [2.75, 3.05) is 19.7 Å². The van der Waals surface area contributed by atoms with Gasteiger partial charge in [0.25, 0.3) is 5.91 Å². The van der Waals surface area contributed by atoms with Crippen LogP contribution in [-0.2, 0) is 9.53 Å². The Balaban J connectivity index is 1.30. The van der Waals surface area contributed by atoms with E-state index in [0.717, 1.165) is 41.0 Å². The summed E-state index contributed by atoms with van der Waals surface area (Å²) in [6.07, 6.45) is 1.56. The van der Waals surface area contributed by atoms with Gasteiger partial charge in [-0.2, -0.15) is 0 Å². The minimum absolute atomic E-state index is 0.168. The van der Waals surface area contributed by atoms with Crippen LogP contribution in [0.5, 0.6) is 0 Å². The zero-order valence-electron chi connectivity index (χ0n) is 16.7. The fraction of sp³-hybridized carbons (Fsp3) is 0.348. The van der Waals surface area contributed by atoms with Gasteiger partial charge in [-0.1, -0.05) is 29.3 Å². The SMILES string of the molecule is Cc1cc(C)cc(C(=O)OCC(=O)N2CCC(c3nc4ccccc4o3)CC2)c1. The molecule has 0 bridgehead atoms. The van der Waals surface area contributed by atoms with Crippen LogP contribution in [-0.4, -0.2) is 41.5 Å². The zero-order valence-corrected chi connectivity index (χ0v) is 16.7. The topological polar surface area (TPSA) is 72.6 Å². The molecule has 0 unspecified atom stereocenters. The highest BCUT2D eigenvalue weighted by Gasteiger charge is 2.27. The van der Waals surface area contributed by atoms with Crippen LogP contribution in [0, 0.1) is 13.8 Å². The number of ether oxygens (including phenoxy) is 1. The Morgan fingerprint density at radius 3 is 2.48 bits per heavy atom. The first kappa shape index (κ1) is 19.2. The number of nitrogens with zero attached hydrogens (tertiary/aromatic N) is 2. The number of oxazole rings is 1. The molecule has 2 heterocycles. The maximum atomic E-state index is 12.5. The number of esters is 1. The summed E-state index contributed by atoms with van der Waals surface area (Å²) in [5, 5.41) is 0. The molecule has 0 atom stereocenters. The summed E-state index contributed by atoms with van der Waals surface area (Å²) in [6, 6.07) is 13.2. The van der Waals surface area contributed by atoms with E-state index < -0.39 is 5.97 Å². The molecule has 3 aromatic rings. The van der Waals surface area contributed by atoms with E-state index in [4.69, 9.17) is 9.15 Å². The average Bonchev–Trinajstić information content (AvgIpc) is 3.15. The minimum Gasteiger partial charge on any atom is -0.452 e. The Labute approximate surface area is 169 Å². The summed E-state index contributed by atoms with van der Waals surface area (Å²) in [7, 11) is 0. The van der Waals surface area contributed by atoms with Gasteiger partial charge < -0.3 is 14.1 Å². The Kier molecular flexibility index (Phi) is 5.34. The van der Waals surface area contributed by atoms with Gasteiger partial charge >= 0.3 is 5.97 Å². The Bertz CT molecular complexity index is 995. The number of piperidine rings is 1. The molecule has 0 spiro atoms. The van der Waals surface area contributed by atoms with Crippen molar-refractivity contribution in [1.29, 1.82) is 0 Å². The van der Waals surface area contributed by atoms with E-state index in [-0.39, 0.29) is 18.4 Å². The van der Waals surface area contributed by atoms with Gasteiger partial charge in [-0.3, -0.25) is 4.79 Å². The summed E-state index contributed by atoms with van der Waals surface area (Å²) in [4.78, 5) is 31.0. The van der Waals surface area contributed by atoms with Gasteiger partial charge in [0.15, 0.2) is 18.1 Å². The monoisotopic (exact) mass is 392 g/mol. The summed E-state index contributed by atoms with van der Waals surface area (Å²) in [6.45, 7) is 4.82. The molecule has 0 radical (unpaired) electrons. The average molecular weight is 392 g/mol. The van der Waals surface area contributed by atoms with Gasteiger partial charge in [0.05, 0.1) is 5.56 Å². The molecule has 6 nitrogen and oxygen atoms in total. The number of carbonyl (C=O) groups is 2. The Morgan fingerprint density at radius 2 is 1.79 bits per heavy atom. The summed E-state index contributed by atoms with van der Waals surface area (Å²) >= 11 is 0. The second-order valence-electron chi connectivity index (χ2n) is 7.63. The number of rotatable bonds is 4. The lowest BCUT2D eigenvalue weighted by Gasteiger charge is -2.30. The molecular formula is C23H24N2O4. The van der Waals surface area contributed by atoms with Crippen LogP contribution in [0.15, 0.2) is 46.9 Å². The second kappa shape index (κ2) is 8.07. The van der Waals surface area contributed by atoms with Gasteiger partial charge in [-0.25, -0.2) is 9.78 Å². The summed E-state index contributed by atoms with van der Waals surface area (Å²) < 4.78 is 11.1. The number of amides is 1. The van der Waals surface area contributed by atoms with Crippen molar-refractivity contribution < 1.29 is 18.7 Å². The van der Waals surface area contributed by atoms with Crippen molar-refractivity contribution in [2.24, 2.45) is 0 Å². The highest BCUT2D eigenvalue weighted by atomic mass is 16.5. The first-order valence-corrected chi connectivity index (χ1v) is 9.88. The molecule has 0 aliphatic carbocycles. The van der Waals surface area contributed by atoms with Crippen molar-refractivity contribution >= 4 is 23.0 Å². The lowest BCUT2D eigenvalue weighted by molar-refractivity contribution is -0.135. The van der Waals surface area contributed by atoms with Crippen molar-refractivity contribution in [2.45, 2.75) is 32.6 Å². The Morgan fingerprint density at radius 1 is 1.10 bits per heavy atom. The number of aryl methyl sites for hydroxylation is 2. The van der Waals surface area contributed by atoms with Crippen LogP contribution in [0.1, 0.15) is 46.1 Å². The molecule has 1 amide bonds. The lowest BCUT2D eigenvalue weighted by Crippen LogP contribution is -2.40. The maximum Gasteiger partial charge on any atom is 0.338 e. The predicted molar refractivity (Wildman–Crippen MR) is 109 cm³/mol. The maximum absolute atomic E-state index is 12.5. The number of para-hydroxylation sites is 2. The van der Waals surface area contributed by atoms with E-state index in [0.29, 0.717) is 18.7 Å². The van der Waals surface area contributed by atoms with Crippen LogP contribution in [0.25, 0.3) is 11.1 Å². The summed E-state index contributed by atoms with van der Waals surface area (Å²) in [5.74, 6) is 0.300. The standard InChI is InChI=1S/C23H24N2O4/c1-15-11-16(2)13-18(12-15)23(27)28-14-21(26)25-9-7-17(8-10-25)22-24-19-5-3-4-6-20(19)29-22/h3-6,11-13,17H,7-10,14H2,1-2H3. The molecule has 29 heavy (non-hydrogen) atoms. The summed E-state index contributed by atoms with van der Waals surface area (Å²) in [5.41, 5.74) is 4.11. The molecule has 1 fully saturated rings. The number of fused-ring (bicyclic) bond motifs is 1. The third kappa shape index (κ3) is 4.31. The molecule has 2 aromatic carbocycles. The molecule has 0 saturated carbocycles. The number of aromatic nitrogens is 1. The lowest BCUT2D eigenvalue weighted by atomic mass is 9.97. The van der Waals surface area contributed by atoms with Gasteiger partial charge in [-0.15, -0.1) is 0 Å². The quantitative estimate of drug-likeness (QED) is 0.628. The van der Waals surface area contributed by atoms with E-state index in [1.807, 2.05) is 44.2 Å². The van der Waals surface area contributed by atoms with Crippen molar-refractivity contribution in [3.8, 4) is 0 Å². The first-order valence-electron chi connectivity index (χ1n) is 9.88. The fourth-order valence-electron chi connectivity index (χ4n) is 3.83. The number of likely N-dealkylation sites (tertiary alicyclic amines) is 1. The Hall–Kier alpha value is -3.15. The molecule has 150 valence electrons. The molecule has 1 aliphatic rings. The van der Waals surface area contributed by atoms with Crippen LogP contribution >= 0.6 is 0 Å². The van der Waals surface area contributed by atoms with Gasteiger partial charge in [0.2, 0.25) is 0 Å². The highest BCUT2D eigenvalue weighted by Crippen LogP contribution is 2.29. The van der Waals surface area contributed by atoms with Gasteiger partial charge in [0, 0.05) is 19.0 Å². The van der Waals surface area contributed by atoms with Crippen molar-refractivity contribution in [3.63, 3.8) is 0 Å². The van der Waals surface area contributed by atoms with Crippen LogP contribution in [0.4, 0.5) is 0 Å². The van der Waals surface area contributed by atoms with Gasteiger partial charge in [-0.05, 0) is 51.0 Å². The van der Waals surface area contributed by atoms with E-state index >= 15 is 0 Å². The molecule has 1 aromatic heterocycles. The molecule has 4 rings (SSSR count). The van der Waals surface area contributed by atoms with Crippen LogP contribution in [0.2, 0.25) is 0 Å². The molecular weight excluding hydrogens is 368 g/mol. The number of hydrogen-bond donors (Lipinski definition) is 0. The molecule has 1 aliphatic heterocycles. The van der Waals surface area contributed by atoms with Crippen LogP contribution < -0.4 is 0 Å². The second-order valence-corrected chi connectivity index (χ2v) is 7.63. The highest BCUT2D eigenvalue weighted by molar-refractivity contribution is 5.91. The van der Waals surface area contributed by atoms with Crippen molar-refractivity contribution in [3.05, 3.63) is 65.0 Å².